The van der Waals surface area contributed by atoms with Gasteiger partial charge in [-0.1, -0.05) is 53.7 Å². The third-order valence-electron chi connectivity index (χ3n) is 5.93. The topological polar surface area (TPSA) is 135 Å². The zero-order chi connectivity index (χ0) is 26.6. The molecule has 2 rings (SSSR count). The fraction of sp³-hybridized carbons (Fsp3) is 0.615. The molecule has 0 radical (unpaired) electrons. The number of hydrogen-bond acceptors (Lipinski definition) is 5. The fourth-order valence-electron chi connectivity index (χ4n) is 3.89. The Bertz CT molecular complexity index is 956. The normalized spacial score (nSPS) is 19.9. The fourth-order valence-corrected chi connectivity index (χ4v) is 3.89. The standard InChI is InChI=1S/C26H39N5O4/c1-16(18-10-8-17(13-27)9-11-18)29-22(33)20-12-19(32)14-31(20)23(34)21(26(5,6)7)30-24(35)28-15-25(2,3)4/h8-11,16,19-21,32H,12,14-15H2,1-7H3,(H,29,33)(H2,28,30,35). The molecule has 1 aromatic rings. The summed E-state index contributed by atoms with van der Waals surface area (Å²) in [5.41, 5.74) is 0.598. The van der Waals surface area contributed by atoms with E-state index in [-0.39, 0.29) is 30.3 Å². The lowest BCUT2D eigenvalue weighted by Gasteiger charge is -2.35. The van der Waals surface area contributed by atoms with Gasteiger partial charge in [-0.05, 0) is 35.4 Å². The maximum atomic E-state index is 13.6. The summed E-state index contributed by atoms with van der Waals surface area (Å²) in [6.45, 7) is 13.8. The number of rotatable bonds is 6. The number of carbonyl (C=O) groups is 3. The van der Waals surface area contributed by atoms with Gasteiger partial charge in [-0.25, -0.2) is 4.79 Å². The molecule has 4 atom stereocenters. The van der Waals surface area contributed by atoms with E-state index in [0.29, 0.717) is 12.1 Å². The number of urea groups is 1. The zero-order valence-corrected chi connectivity index (χ0v) is 21.8. The van der Waals surface area contributed by atoms with Crippen molar-refractivity contribution >= 4 is 17.8 Å². The molecule has 1 aliphatic heterocycles. The van der Waals surface area contributed by atoms with E-state index in [1.807, 2.05) is 48.5 Å². The van der Waals surface area contributed by atoms with Crippen molar-refractivity contribution < 1.29 is 19.5 Å². The lowest BCUT2D eigenvalue weighted by atomic mass is 9.85. The quantitative estimate of drug-likeness (QED) is 0.491. The maximum absolute atomic E-state index is 13.6. The lowest BCUT2D eigenvalue weighted by Crippen LogP contribution is -2.59. The first kappa shape index (κ1) is 28.1. The van der Waals surface area contributed by atoms with Crippen LogP contribution in [0.4, 0.5) is 4.79 Å². The number of carbonyl (C=O) groups excluding carboxylic acids is 3. The molecule has 9 nitrogen and oxygen atoms in total. The highest BCUT2D eigenvalue weighted by molar-refractivity contribution is 5.93. The highest BCUT2D eigenvalue weighted by Gasteiger charge is 2.44. The number of amides is 4. The van der Waals surface area contributed by atoms with E-state index in [0.717, 1.165) is 5.56 Å². The molecule has 0 aromatic heterocycles. The van der Waals surface area contributed by atoms with E-state index in [9.17, 15) is 19.5 Å². The number of likely N-dealkylation sites (tertiary alicyclic amines) is 1. The molecule has 35 heavy (non-hydrogen) atoms. The molecule has 0 bridgehead atoms. The molecule has 1 saturated heterocycles. The van der Waals surface area contributed by atoms with E-state index in [1.54, 1.807) is 24.3 Å². The van der Waals surface area contributed by atoms with Crippen molar-refractivity contribution in [1.82, 2.24) is 20.9 Å². The Morgan fingerprint density at radius 2 is 1.71 bits per heavy atom. The average molecular weight is 486 g/mol. The Kier molecular flexibility index (Phi) is 8.90. The third-order valence-corrected chi connectivity index (χ3v) is 5.93. The first-order chi connectivity index (χ1) is 16.1. The van der Waals surface area contributed by atoms with Gasteiger partial charge in [-0.2, -0.15) is 5.26 Å². The molecule has 192 valence electrons. The number of benzene rings is 1. The van der Waals surface area contributed by atoms with E-state index >= 15 is 0 Å². The minimum atomic E-state index is -0.890. The first-order valence-corrected chi connectivity index (χ1v) is 12.0. The molecule has 4 amide bonds. The molecule has 1 aromatic carbocycles. The summed E-state index contributed by atoms with van der Waals surface area (Å²) in [5, 5.41) is 27.8. The van der Waals surface area contributed by atoms with Gasteiger partial charge in [0.15, 0.2) is 0 Å². The molecule has 4 N–H and O–H groups in total. The van der Waals surface area contributed by atoms with Crippen molar-refractivity contribution in [3.63, 3.8) is 0 Å². The van der Waals surface area contributed by atoms with Crippen molar-refractivity contribution in [2.75, 3.05) is 13.1 Å². The van der Waals surface area contributed by atoms with E-state index in [1.165, 1.54) is 4.90 Å². The zero-order valence-electron chi connectivity index (χ0n) is 21.8. The van der Waals surface area contributed by atoms with Gasteiger partial charge in [-0.3, -0.25) is 9.59 Å². The van der Waals surface area contributed by atoms with Gasteiger partial charge < -0.3 is 26.0 Å². The van der Waals surface area contributed by atoms with Gasteiger partial charge in [0, 0.05) is 19.5 Å². The largest absolute Gasteiger partial charge is 0.391 e. The molecular weight excluding hydrogens is 446 g/mol. The SMILES string of the molecule is CC(NC(=O)C1CC(O)CN1C(=O)C(NC(=O)NCC(C)(C)C)C(C)(C)C)c1ccc(C#N)cc1. The van der Waals surface area contributed by atoms with Crippen molar-refractivity contribution in [3.8, 4) is 6.07 Å². The van der Waals surface area contributed by atoms with Gasteiger partial charge in [-0.15, -0.1) is 0 Å². The summed E-state index contributed by atoms with van der Waals surface area (Å²) in [6.07, 6.45) is -0.722. The number of aliphatic hydroxyl groups is 1. The second kappa shape index (κ2) is 11.1. The third kappa shape index (κ3) is 7.96. The van der Waals surface area contributed by atoms with Crippen LogP contribution in [0.25, 0.3) is 0 Å². The summed E-state index contributed by atoms with van der Waals surface area (Å²) >= 11 is 0. The van der Waals surface area contributed by atoms with Crippen molar-refractivity contribution in [2.45, 2.75) is 79.1 Å². The Morgan fingerprint density at radius 3 is 2.23 bits per heavy atom. The van der Waals surface area contributed by atoms with Crippen LogP contribution in [0.5, 0.6) is 0 Å². The minimum absolute atomic E-state index is 0.0139. The minimum Gasteiger partial charge on any atom is -0.391 e. The number of hydrogen-bond donors (Lipinski definition) is 4. The van der Waals surface area contributed by atoms with Crippen LogP contribution in [0.15, 0.2) is 24.3 Å². The van der Waals surface area contributed by atoms with Crippen molar-refractivity contribution in [3.05, 3.63) is 35.4 Å². The molecule has 1 fully saturated rings. The number of aliphatic hydroxyl groups excluding tert-OH is 1. The molecule has 1 heterocycles. The maximum Gasteiger partial charge on any atom is 0.315 e. The van der Waals surface area contributed by atoms with Crippen LogP contribution in [0.1, 0.15) is 72.1 Å². The number of nitrogens with one attached hydrogen (secondary N) is 3. The molecule has 9 heteroatoms. The van der Waals surface area contributed by atoms with E-state index < -0.39 is 35.5 Å². The van der Waals surface area contributed by atoms with Gasteiger partial charge in [0.25, 0.3) is 0 Å². The van der Waals surface area contributed by atoms with Crippen molar-refractivity contribution in [1.29, 1.82) is 5.26 Å². The van der Waals surface area contributed by atoms with Crippen LogP contribution in [0.3, 0.4) is 0 Å². The van der Waals surface area contributed by atoms with E-state index in [4.69, 9.17) is 5.26 Å². The Labute approximate surface area is 208 Å². The summed E-state index contributed by atoms with van der Waals surface area (Å²) in [6, 6.07) is 6.39. The molecule has 0 spiro atoms. The predicted octanol–water partition coefficient (Wildman–Crippen LogP) is 2.46. The van der Waals surface area contributed by atoms with Gasteiger partial charge in [0.2, 0.25) is 11.8 Å². The summed E-state index contributed by atoms with van der Waals surface area (Å²) in [7, 11) is 0. The predicted molar refractivity (Wildman–Crippen MR) is 133 cm³/mol. The second-order valence-corrected chi connectivity index (χ2v) is 11.5. The van der Waals surface area contributed by atoms with Crippen LogP contribution in [-0.4, -0.2) is 59.1 Å². The second-order valence-electron chi connectivity index (χ2n) is 11.5. The molecule has 4 unspecified atom stereocenters. The molecule has 1 aliphatic rings. The van der Waals surface area contributed by atoms with Crippen molar-refractivity contribution in [2.24, 2.45) is 10.8 Å². The smallest absolute Gasteiger partial charge is 0.315 e. The average Bonchev–Trinajstić information content (AvgIpc) is 3.16. The van der Waals surface area contributed by atoms with E-state index in [2.05, 4.69) is 22.0 Å². The van der Waals surface area contributed by atoms with Crippen LogP contribution >= 0.6 is 0 Å². The van der Waals surface area contributed by atoms with Crippen LogP contribution < -0.4 is 16.0 Å². The molecule has 0 aliphatic carbocycles. The highest BCUT2D eigenvalue weighted by atomic mass is 16.3. The summed E-state index contributed by atoms with van der Waals surface area (Å²) < 4.78 is 0. The number of nitriles is 1. The van der Waals surface area contributed by atoms with Gasteiger partial charge >= 0.3 is 6.03 Å². The monoisotopic (exact) mass is 485 g/mol. The van der Waals surface area contributed by atoms with Crippen LogP contribution in [-0.2, 0) is 9.59 Å². The molecular formula is C26H39N5O4. The van der Waals surface area contributed by atoms with Crippen LogP contribution in [0.2, 0.25) is 0 Å². The number of β-amino-alcohol motifs (C(OH)–C–C–N with tert-alkyl or cyclic N) is 1. The number of nitrogens with zero attached hydrogens (tertiary/aromatic N) is 2. The Balaban J connectivity index is 2.15. The highest BCUT2D eigenvalue weighted by Crippen LogP contribution is 2.27. The van der Waals surface area contributed by atoms with Gasteiger partial charge in [0.1, 0.15) is 12.1 Å². The Morgan fingerprint density at radius 1 is 1.11 bits per heavy atom. The first-order valence-electron chi connectivity index (χ1n) is 12.0. The Hall–Kier alpha value is -3.12. The molecule has 0 saturated carbocycles. The lowest BCUT2D eigenvalue weighted by molar-refractivity contribution is -0.142. The van der Waals surface area contributed by atoms with Gasteiger partial charge in [0.05, 0.1) is 23.8 Å². The summed E-state index contributed by atoms with van der Waals surface area (Å²) in [5.74, 6) is -0.789. The van der Waals surface area contributed by atoms with Crippen LogP contribution in [0, 0.1) is 22.2 Å². The summed E-state index contributed by atoms with van der Waals surface area (Å²) in [4.78, 5) is 40.6.